The highest BCUT2D eigenvalue weighted by Crippen LogP contribution is 2.21. The molecule has 1 rings (SSSR count). The van der Waals surface area contributed by atoms with Crippen molar-refractivity contribution < 1.29 is 19.4 Å². The van der Waals surface area contributed by atoms with Gasteiger partial charge in [0.2, 0.25) is 0 Å². The SMILES string of the molecule is CCCCOc1ccc(NC(=O)NCCCC(=O)O)c(C)c1. The van der Waals surface area contributed by atoms with Crippen molar-refractivity contribution >= 4 is 17.7 Å². The van der Waals surface area contributed by atoms with Gasteiger partial charge in [-0.2, -0.15) is 0 Å². The number of unbranched alkanes of at least 4 members (excludes halogenated alkanes) is 1. The topological polar surface area (TPSA) is 87.7 Å². The molecule has 122 valence electrons. The van der Waals surface area contributed by atoms with Gasteiger partial charge in [-0.3, -0.25) is 4.79 Å². The van der Waals surface area contributed by atoms with Crippen LogP contribution in [0.3, 0.4) is 0 Å². The van der Waals surface area contributed by atoms with Crippen molar-refractivity contribution in [2.45, 2.75) is 39.5 Å². The van der Waals surface area contributed by atoms with Gasteiger partial charge in [0, 0.05) is 18.7 Å². The molecule has 0 aliphatic rings. The zero-order chi connectivity index (χ0) is 16.4. The van der Waals surface area contributed by atoms with Gasteiger partial charge in [-0.25, -0.2) is 4.79 Å². The lowest BCUT2D eigenvalue weighted by Crippen LogP contribution is -2.30. The van der Waals surface area contributed by atoms with Gasteiger partial charge in [-0.1, -0.05) is 13.3 Å². The van der Waals surface area contributed by atoms with Gasteiger partial charge in [0.25, 0.3) is 0 Å². The molecule has 0 unspecified atom stereocenters. The van der Waals surface area contributed by atoms with E-state index in [0.717, 1.165) is 24.2 Å². The number of anilines is 1. The minimum absolute atomic E-state index is 0.0447. The second-order valence-electron chi connectivity index (χ2n) is 5.06. The quantitative estimate of drug-likeness (QED) is 0.611. The van der Waals surface area contributed by atoms with Crippen LogP contribution in [0.15, 0.2) is 18.2 Å². The number of ether oxygens (including phenoxy) is 1. The predicted octanol–water partition coefficient (Wildman–Crippen LogP) is 3.16. The van der Waals surface area contributed by atoms with E-state index in [1.54, 1.807) is 6.07 Å². The van der Waals surface area contributed by atoms with E-state index in [9.17, 15) is 9.59 Å². The Labute approximate surface area is 130 Å². The summed E-state index contributed by atoms with van der Waals surface area (Å²) in [5.74, 6) is -0.0740. The third kappa shape index (κ3) is 6.97. The summed E-state index contributed by atoms with van der Waals surface area (Å²) in [5.41, 5.74) is 1.62. The summed E-state index contributed by atoms with van der Waals surface area (Å²) in [6.07, 6.45) is 2.55. The first-order valence-electron chi connectivity index (χ1n) is 7.53. The molecule has 0 fully saturated rings. The highest BCUT2D eigenvalue weighted by Gasteiger charge is 2.06. The number of hydrogen-bond donors (Lipinski definition) is 3. The second-order valence-corrected chi connectivity index (χ2v) is 5.06. The van der Waals surface area contributed by atoms with Crippen LogP contribution in [0.25, 0.3) is 0 Å². The molecule has 0 spiro atoms. The smallest absolute Gasteiger partial charge is 0.319 e. The number of amides is 2. The third-order valence-corrected chi connectivity index (χ3v) is 3.07. The molecular formula is C16H24N2O4. The molecule has 0 saturated heterocycles. The fraction of sp³-hybridized carbons (Fsp3) is 0.500. The minimum Gasteiger partial charge on any atom is -0.494 e. The molecular weight excluding hydrogens is 284 g/mol. The summed E-state index contributed by atoms with van der Waals surface area (Å²) >= 11 is 0. The lowest BCUT2D eigenvalue weighted by atomic mass is 10.2. The number of aliphatic carboxylic acids is 1. The van der Waals surface area contributed by atoms with Crippen molar-refractivity contribution in [2.24, 2.45) is 0 Å². The molecule has 2 amide bonds. The summed E-state index contributed by atoms with van der Waals surface area (Å²) < 4.78 is 5.61. The summed E-state index contributed by atoms with van der Waals surface area (Å²) in [5, 5.41) is 13.9. The zero-order valence-corrected chi connectivity index (χ0v) is 13.1. The number of rotatable bonds is 9. The van der Waals surface area contributed by atoms with Gasteiger partial charge in [-0.05, 0) is 43.5 Å². The van der Waals surface area contributed by atoms with Crippen LogP contribution in [0.4, 0.5) is 10.5 Å². The molecule has 6 nitrogen and oxygen atoms in total. The zero-order valence-electron chi connectivity index (χ0n) is 13.1. The lowest BCUT2D eigenvalue weighted by Gasteiger charge is -2.12. The first-order valence-corrected chi connectivity index (χ1v) is 7.53. The third-order valence-electron chi connectivity index (χ3n) is 3.07. The summed E-state index contributed by atoms with van der Waals surface area (Å²) in [6.45, 7) is 5.02. The van der Waals surface area contributed by atoms with E-state index < -0.39 is 5.97 Å². The Morgan fingerprint density at radius 2 is 2.05 bits per heavy atom. The average Bonchev–Trinajstić information content (AvgIpc) is 2.46. The number of hydrogen-bond acceptors (Lipinski definition) is 3. The van der Waals surface area contributed by atoms with E-state index in [-0.39, 0.29) is 12.5 Å². The minimum atomic E-state index is -0.864. The van der Waals surface area contributed by atoms with Crippen molar-refractivity contribution in [3.63, 3.8) is 0 Å². The molecule has 0 bridgehead atoms. The first kappa shape index (κ1) is 17.8. The second kappa shape index (κ2) is 9.65. The molecule has 0 aromatic heterocycles. The molecule has 22 heavy (non-hydrogen) atoms. The van der Waals surface area contributed by atoms with Crippen molar-refractivity contribution in [1.29, 1.82) is 0 Å². The van der Waals surface area contributed by atoms with Crippen LogP contribution >= 0.6 is 0 Å². The summed E-state index contributed by atoms with van der Waals surface area (Å²) in [4.78, 5) is 22.1. The number of aryl methyl sites for hydroxylation is 1. The van der Waals surface area contributed by atoms with Crippen LogP contribution in [0.1, 0.15) is 38.2 Å². The number of carboxylic acids is 1. The Kier molecular flexibility index (Phi) is 7.81. The number of urea groups is 1. The molecule has 6 heteroatoms. The molecule has 0 aliphatic heterocycles. The predicted molar refractivity (Wildman–Crippen MR) is 85.5 cm³/mol. The van der Waals surface area contributed by atoms with Crippen LogP contribution in [-0.2, 0) is 4.79 Å². The molecule has 0 atom stereocenters. The van der Waals surface area contributed by atoms with Gasteiger partial charge < -0.3 is 20.5 Å². The maximum atomic E-state index is 11.7. The van der Waals surface area contributed by atoms with Gasteiger partial charge >= 0.3 is 12.0 Å². The number of nitrogens with one attached hydrogen (secondary N) is 2. The number of benzene rings is 1. The van der Waals surface area contributed by atoms with E-state index in [0.29, 0.717) is 25.3 Å². The summed E-state index contributed by atoms with van der Waals surface area (Å²) in [6, 6.07) is 5.17. The van der Waals surface area contributed by atoms with E-state index in [1.807, 2.05) is 19.1 Å². The average molecular weight is 308 g/mol. The fourth-order valence-corrected chi connectivity index (χ4v) is 1.81. The molecule has 0 radical (unpaired) electrons. The molecule has 1 aromatic rings. The normalized spacial score (nSPS) is 10.1. The van der Waals surface area contributed by atoms with E-state index in [2.05, 4.69) is 17.6 Å². The monoisotopic (exact) mass is 308 g/mol. The Morgan fingerprint density at radius 3 is 2.68 bits per heavy atom. The Morgan fingerprint density at radius 1 is 1.27 bits per heavy atom. The first-order chi connectivity index (χ1) is 10.5. The Balaban J connectivity index is 2.41. The van der Waals surface area contributed by atoms with E-state index in [1.165, 1.54) is 0 Å². The molecule has 0 heterocycles. The van der Waals surface area contributed by atoms with Crippen LogP contribution in [-0.4, -0.2) is 30.3 Å². The molecule has 1 aromatic carbocycles. The van der Waals surface area contributed by atoms with E-state index in [4.69, 9.17) is 9.84 Å². The largest absolute Gasteiger partial charge is 0.494 e. The van der Waals surface area contributed by atoms with Crippen molar-refractivity contribution in [2.75, 3.05) is 18.5 Å². The highest BCUT2D eigenvalue weighted by molar-refractivity contribution is 5.90. The molecule has 3 N–H and O–H groups in total. The molecule has 0 saturated carbocycles. The lowest BCUT2D eigenvalue weighted by molar-refractivity contribution is -0.137. The van der Waals surface area contributed by atoms with Gasteiger partial charge in [0.1, 0.15) is 5.75 Å². The maximum absolute atomic E-state index is 11.7. The van der Waals surface area contributed by atoms with Crippen LogP contribution in [0, 0.1) is 6.92 Å². The standard InChI is InChI=1S/C16H24N2O4/c1-3-4-10-22-13-7-8-14(12(2)11-13)18-16(21)17-9-5-6-15(19)20/h7-8,11H,3-6,9-10H2,1-2H3,(H,19,20)(H2,17,18,21). The number of carbonyl (C=O) groups is 2. The maximum Gasteiger partial charge on any atom is 0.319 e. The van der Waals surface area contributed by atoms with Crippen LogP contribution in [0.2, 0.25) is 0 Å². The number of carboxylic acid groups (broad SMARTS) is 1. The van der Waals surface area contributed by atoms with Crippen LogP contribution in [0.5, 0.6) is 5.75 Å². The van der Waals surface area contributed by atoms with E-state index >= 15 is 0 Å². The van der Waals surface area contributed by atoms with Gasteiger partial charge in [-0.15, -0.1) is 0 Å². The van der Waals surface area contributed by atoms with Crippen molar-refractivity contribution in [3.05, 3.63) is 23.8 Å². The molecule has 0 aliphatic carbocycles. The Hall–Kier alpha value is -2.24. The van der Waals surface area contributed by atoms with Gasteiger partial charge in [0.15, 0.2) is 0 Å². The van der Waals surface area contributed by atoms with Crippen molar-refractivity contribution in [3.8, 4) is 5.75 Å². The van der Waals surface area contributed by atoms with Crippen molar-refractivity contribution in [1.82, 2.24) is 5.32 Å². The highest BCUT2D eigenvalue weighted by atomic mass is 16.5. The summed E-state index contributed by atoms with van der Waals surface area (Å²) in [7, 11) is 0. The number of carbonyl (C=O) groups excluding carboxylic acids is 1. The fourth-order valence-electron chi connectivity index (χ4n) is 1.81. The van der Waals surface area contributed by atoms with Gasteiger partial charge in [0.05, 0.1) is 6.61 Å². The van der Waals surface area contributed by atoms with Crippen LogP contribution < -0.4 is 15.4 Å². The Bertz CT molecular complexity index is 503.